The molecule has 100 valence electrons. The molecule has 2 rings (SSSR count). The molecule has 7 heteroatoms. The van der Waals surface area contributed by atoms with Gasteiger partial charge in [0.25, 0.3) is 5.89 Å². The Hall–Kier alpha value is -1.59. The molecule has 0 bridgehead atoms. The van der Waals surface area contributed by atoms with Gasteiger partial charge in [0.05, 0.1) is 10.6 Å². The van der Waals surface area contributed by atoms with E-state index in [9.17, 15) is 4.79 Å². The van der Waals surface area contributed by atoms with E-state index in [0.29, 0.717) is 22.0 Å². The molecule has 1 heterocycles. The largest absolute Gasteiger partial charge is 0.403 e. The van der Waals surface area contributed by atoms with Crippen molar-refractivity contribution in [1.29, 1.82) is 0 Å². The predicted molar refractivity (Wildman–Crippen MR) is 73.3 cm³/mol. The van der Waals surface area contributed by atoms with Gasteiger partial charge in [0, 0.05) is 11.4 Å². The van der Waals surface area contributed by atoms with Crippen molar-refractivity contribution in [3.63, 3.8) is 0 Å². The maximum atomic E-state index is 11.4. The number of aromatic nitrogens is 2. The molecular formula is C12H11Cl2N3O2. The second kappa shape index (κ2) is 6.04. The molecule has 19 heavy (non-hydrogen) atoms. The molecule has 0 atom stereocenters. The fourth-order valence-corrected chi connectivity index (χ4v) is 1.82. The van der Waals surface area contributed by atoms with Gasteiger partial charge >= 0.3 is 6.01 Å². The Morgan fingerprint density at radius 3 is 2.89 bits per heavy atom. The van der Waals surface area contributed by atoms with Gasteiger partial charge in [-0.15, -0.1) is 5.10 Å². The van der Waals surface area contributed by atoms with Gasteiger partial charge in [-0.25, -0.2) is 0 Å². The molecule has 1 N–H and O–H groups in total. The van der Waals surface area contributed by atoms with Crippen molar-refractivity contribution in [1.82, 2.24) is 10.2 Å². The molecule has 0 radical (unpaired) electrons. The lowest BCUT2D eigenvalue weighted by Gasteiger charge is -1.99. The van der Waals surface area contributed by atoms with Crippen molar-refractivity contribution in [2.45, 2.75) is 19.8 Å². The third-order valence-corrected chi connectivity index (χ3v) is 2.87. The molecule has 0 spiro atoms. The first-order valence-corrected chi connectivity index (χ1v) is 6.44. The van der Waals surface area contributed by atoms with Crippen LogP contribution in [0.25, 0.3) is 11.5 Å². The Kier molecular flexibility index (Phi) is 4.39. The molecule has 1 amide bonds. The van der Waals surface area contributed by atoms with Crippen LogP contribution in [0.1, 0.15) is 19.8 Å². The second-order valence-corrected chi connectivity index (χ2v) is 4.68. The molecule has 1 aromatic heterocycles. The number of nitrogens with zero attached hydrogens (tertiary/aromatic N) is 2. The molecule has 0 saturated heterocycles. The molecule has 0 aliphatic rings. The third kappa shape index (κ3) is 3.45. The molecule has 5 nitrogen and oxygen atoms in total. The number of nitrogens with one attached hydrogen (secondary N) is 1. The number of carbonyl (C=O) groups is 1. The first-order chi connectivity index (χ1) is 9.10. The van der Waals surface area contributed by atoms with Crippen LogP contribution in [0.3, 0.4) is 0 Å². The predicted octanol–water partition coefficient (Wildman–Crippen LogP) is 3.78. The Balaban J connectivity index is 2.21. The van der Waals surface area contributed by atoms with Crippen molar-refractivity contribution in [3.05, 3.63) is 28.2 Å². The summed E-state index contributed by atoms with van der Waals surface area (Å²) in [5.74, 6) is 0.0363. The molecule has 1 aromatic carbocycles. The quantitative estimate of drug-likeness (QED) is 0.933. The zero-order valence-electron chi connectivity index (χ0n) is 10.1. The van der Waals surface area contributed by atoms with E-state index in [-0.39, 0.29) is 17.8 Å². The fourth-order valence-electron chi connectivity index (χ4n) is 1.45. The molecular weight excluding hydrogens is 289 g/mol. The van der Waals surface area contributed by atoms with E-state index in [2.05, 4.69) is 15.5 Å². The highest BCUT2D eigenvalue weighted by Crippen LogP contribution is 2.30. The van der Waals surface area contributed by atoms with Gasteiger partial charge in [-0.3, -0.25) is 10.1 Å². The highest BCUT2D eigenvalue weighted by atomic mass is 35.5. The number of anilines is 1. The van der Waals surface area contributed by atoms with Crippen LogP contribution in [-0.2, 0) is 4.79 Å². The highest BCUT2D eigenvalue weighted by molar-refractivity contribution is 6.35. The van der Waals surface area contributed by atoms with Crippen molar-refractivity contribution < 1.29 is 9.21 Å². The van der Waals surface area contributed by atoms with Gasteiger partial charge in [-0.1, -0.05) is 35.2 Å². The van der Waals surface area contributed by atoms with Crippen molar-refractivity contribution >= 4 is 35.1 Å². The molecule has 2 aromatic rings. The van der Waals surface area contributed by atoms with Crippen LogP contribution in [0, 0.1) is 0 Å². The lowest BCUT2D eigenvalue weighted by molar-refractivity contribution is -0.116. The van der Waals surface area contributed by atoms with E-state index in [0.717, 1.165) is 6.42 Å². The summed E-state index contributed by atoms with van der Waals surface area (Å²) >= 11 is 11.9. The molecule has 0 saturated carbocycles. The lowest BCUT2D eigenvalue weighted by Crippen LogP contribution is -2.10. The minimum absolute atomic E-state index is 0.0458. The number of carbonyl (C=O) groups excluding carboxylic acids is 1. The van der Waals surface area contributed by atoms with Gasteiger partial charge in [0.1, 0.15) is 0 Å². The maximum absolute atomic E-state index is 11.4. The molecule has 0 unspecified atom stereocenters. The Bertz CT molecular complexity index is 598. The second-order valence-electron chi connectivity index (χ2n) is 3.83. The van der Waals surface area contributed by atoms with E-state index in [1.165, 1.54) is 0 Å². The zero-order valence-corrected chi connectivity index (χ0v) is 11.6. The van der Waals surface area contributed by atoms with Crippen molar-refractivity contribution in [2.24, 2.45) is 0 Å². The van der Waals surface area contributed by atoms with E-state index in [4.69, 9.17) is 27.6 Å². The maximum Gasteiger partial charge on any atom is 0.322 e. The van der Waals surface area contributed by atoms with Gasteiger partial charge in [-0.05, 0) is 24.6 Å². The number of hydrogen-bond donors (Lipinski definition) is 1. The smallest absolute Gasteiger partial charge is 0.322 e. The number of rotatable bonds is 4. The normalized spacial score (nSPS) is 10.5. The number of benzene rings is 1. The minimum atomic E-state index is -0.171. The molecule has 0 aliphatic carbocycles. The Labute approximate surface area is 119 Å². The lowest BCUT2D eigenvalue weighted by atomic mass is 10.2. The summed E-state index contributed by atoms with van der Waals surface area (Å²) in [5.41, 5.74) is 0.526. The first kappa shape index (κ1) is 13.8. The van der Waals surface area contributed by atoms with Crippen LogP contribution >= 0.6 is 23.2 Å². The first-order valence-electron chi connectivity index (χ1n) is 5.69. The zero-order chi connectivity index (χ0) is 13.8. The number of amides is 1. The summed E-state index contributed by atoms with van der Waals surface area (Å²) in [4.78, 5) is 11.4. The van der Waals surface area contributed by atoms with Crippen LogP contribution in [0.15, 0.2) is 22.6 Å². The third-order valence-electron chi connectivity index (χ3n) is 2.31. The molecule has 0 aliphatic heterocycles. The van der Waals surface area contributed by atoms with Crippen LogP contribution in [0.2, 0.25) is 10.0 Å². The van der Waals surface area contributed by atoms with Crippen molar-refractivity contribution in [3.8, 4) is 11.5 Å². The van der Waals surface area contributed by atoms with Gasteiger partial charge in [0.15, 0.2) is 0 Å². The topological polar surface area (TPSA) is 68.0 Å². The summed E-state index contributed by atoms with van der Waals surface area (Å²) < 4.78 is 5.33. The minimum Gasteiger partial charge on any atom is -0.403 e. The average molecular weight is 300 g/mol. The van der Waals surface area contributed by atoms with Crippen LogP contribution in [0.4, 0.5) is 6.01 Å². The Morgan fingerprint density at radius 1 is 1.37 bits per heavy atom. The summed E-state index contributed by atoms with van der Waals surface area (Å²) in [5, 5.41) is 11.0. The van der Waals surface area contributed by atoms with Crippen LogP contribution < -0.4 is 5.32 Å². The van der Waals surface area contributed by atoms with E-state index in [1.807, 2.05) is 6.92 Å². The standard InChI is InChI=1S/C12H11Cl2N3O2/c1-2-3-10(18)15-12-17-16-11(19-12)8-6-7(13)4-5-9(8)14/h4-6H,2-3H2,1H3,(H,15,17,18). The summed E-state index contributed by atoms with van der Waals surface area (Å²) in [6.07, 6.45) is 1.14. The van der Waals surface area contributed by atoms with E-state index in [1.54, 1.807) is 18.2 Å². The van der Waals surface area contributed by atoms with Gasteiger partial charge in [-0.2, -0.15) is 0 Å². The average Bonchev–Trinajstić information content (AvgIpc) is 2.81. The highest BCUT2D eigenvalue weighted by Gasteiger charge is 2.13. The summed E-state index contributed by atoms with van der Waals surface area (Å²) in [6, 6.07) is 4.96. The SMILES string of the molecule is CCCC(=O)Nc1nnc(-c2cc(Cl)ccc2Cl)o1. The van der Waals surface area contributed by atoms with Crippen LogP contribution in [-0.4, -0.2) is 16.1 Å². The Morgan fingerprint density at radius 2 is 2.16 bits per heavy atom. The van der Waals surface area contributed by atoms with Crippen molar-refractivity contribution in [2.75, 3.05) is 5.32 Å². The van der Waals surface area contributed by atoms with E-state index < -0.39 is 0 Å². The van der Waals surface area contributed by atoms with Crippen LogP contribution in [0.5, 0.6) is 0 Å². The number of hydrogen-bond acceptors (Lipinski definition) is 4. The molecule has 0 fully saturated rings. The number of halogens is 2. The van der Waals surface area contributed by atoms with E-state index >= 15 is 0 Å². The monoisotopic (exact) mass is 299 g/mol. The summed E-state index contributed by atoms with van der Waals surface area (Å²) in [6.45, 7) is 1.91. The van der Waals surface area contributed by atoms with Gasteiger partial charge in [0.2, 0.25) is 5.91 Å². The summed E-state index contributed by atoms with van der Waals surface area (Å²) in [7, 11) is 0. The fraction of sp³-hybridized carbons (Fsp3) is 0.250. The van der Waals surface area contributed by atoms with Gasteiger partial charge < -0.3 is 4.42 Å².